The van der Waals surface area contributed by atoms with E-state index in [2.05, 4.69) is 41.6 Å². The zero-order valence-electron chi connectivity index (χ0n) is 16.4. The Morgan fingerprint density at radius 2 is 1.89 bits per heavy atom. The molecule has 2 aromatic rings. The maximum Gasteiger partial charge on any atom is 0.191 e. The fraction of sp³-hybridized carbons (Fsp3) is 0.526. The summed E-state index contributed by atoms with van der Waals surface area (Å²) in [6, 6.07) is 5.58. The van der Waals surface area contributed by atoms with E-state index in [1.165, 1.54) is 0 Å². The van der Waals surface area contributed by atoms with Crippen molar-refractivity contribution in [1.82, 2.24) is 25.4 Å². The molecule has 8 heteroatoms. The van der Waals surface area contributed by atoms with E-state index in [4.69, 9.17) is 28.2 Å². The molecule has 0 amide bonds. The van der Waals surface area contributed by atoms with Crippen LogP contribution in [0.2, 0.25) is 10.0 Å². The third kappa shape index (κ3) is 5.84. The first kappa shape index (κ1) is 21.5. The van der Waals surface area contributed by atoms with Crippen LogP contribution in [0.1, 0.15) is 39.1 Å². The predicted octanol–water partition coefficient (Wildman–Crippen LogP) is 3.68. The number of nitrogens with one attached hydrogen (secondary N) is 2. The number of rotatable bonds is 8. The summed E-state index contributed by atoms with van der Waals surface area (Å²) in [4.78, 5) is 4.74. The number of nitrogens with zero attached hydrogens (tertiary/aromatic N) is 4. The van der Waals surface area contributed by atoms with Gasteiger partial charge in [-0.3, -0.25) is 4.99 Å². The molecule has 0 bridgehead atoms. The minimum atomic E-state index is -0.290. The Morgan fingerprint density at radius 3 is 2.52 bits per heavy atom. The lowest BCUT2D eigenvalue weighted by molar-refractivity contribution is 0.536. The Balaban J connectivity index is 2.03. The van der Waals surface area contributed by atoms with E-state index in [0.29, 0.717) is 16.6 Å². The monoisotopic (exact) mass is 410 g/mol. The number of benzene rings is 1. The lowest BCUT2D eigenvalue weighted by atomic mass is 9.84. The maximum absolute atomic E-state index is 6.38. The highest BCUT2D eigenvalue weighted by Crippen LogP contribution is 2.35. The number of aromatic nitrogens is 3. The van der Waals surface area contributed by atoms with Gasteiger partial charge in [-0.15, -0.1) is 10.2 Å². The van der Waals surface area contributed by atoms with E-state index in [1.807, 2.05) is 29.7 Å². The summed E-state index contributed by atoms with van der Waals surface area (Å²) >= 11 is 12.8. The second-order valence-electron chi connectivity index (χ2n) is 6.90. The zero-order valence-corrected chi connectivity index (χ0v) is 17.9. The highest BCUT2D eigenvalue weighted by molar-refractivity contribution is 6.36. The SMILES string of the molecule is CCNC(=NCC(C)(C)c1c(Cl)cccc1Cl)NCCn1cnnc1CC. The standard InChI is InChI=1S/C19H28Cl2N6/c1-5-16-26-25-13-27(16)11-10-23-18(22-6-2)24-12-19(3,4)17-14(20)8-7-9-15(17)21/h7-9,13H,5-6,10-12H2,1-4H3,(H2,22,23,24). The molecule has 0 atom stereocenters. The average Bonchev–Trinajstić information content (AvgIpc) is 3.07. The predicted molar refractivity (Wildman–Crippen MR) is 113 cm³/mol. The van der Waals surface area contributed by atoms with E-state index in [1.54, 1.807) is 6.33 Å². The number of halogens is 2. The number of hydrogen-bond acceptors (Lipinski definition) is 3. The Labute approximate surface area is 171 Å². The Bertz CT molecular complexity index is 749. The van der Waals surface area contributed by atoms with Gasteiger partial charge in [0, 0.05) is 41.5 Å². The molecule has 0 spiro atoms. The first-order chi connectivity index (χ1) is 12.9. The smallest absolute Gasteiger partial charge is 0.191 e. The Kier molecular flexibility index (Phi) is 7.92. The van der Waals surface area contributed by atoms with Crippen LogP contribution in [0.25, 0.3) is 0 Å². The molecule has 1 aromatic carbocycles. The summed E-state index contributed by atoms with van der Waals surface area (Å²) in [5, 5.41) is 16.0. The molecule has 0 unspecified atom stereocenters. The second-order valence-corrected chi connectivity index (χ2v) is 7.71. The van der Waals surface area contributed by atoms with E-state index in [-0.39, 0.29) is 5.41 Å². The highest BCUT2D eigenvalue weighted by Gasteiger charge is 2.26. The van der Waals surface area contributed by atoms with E-state index >= 15 is 0 Å². The van der Waals surface area contributed by atoms with Gasteiger partial charge in [0.2, 0.25) is 0 Å². The normalized spacial score (nSPS) is 12.3. The molecule has 0 saturated carbocycles. The molecule has 0 radical (unpaired) electrons. The van der Waals surface area contributed by atoms with Crippen LogP contribution in [0.15, 0.2) is 29.5 Å². The van der Waals surface area contributed by atoms with Crippen molar-refractivity contribution in [3.8, 4) is 0 Å². The minimum Gasteiger partial charge on any atom is -0.357 e. The molecule has 6 nitrogen and oxygen atoms in total. The molecule has 148 valence electrons. The third-order valence-electron chi connectivity index (χ3n) is 4.27. The molecule has 2 N–H and O–H groups in total. The second kappa shape index (κ2) is 9.95. The van der Waals surface area contributed by atoms with Crippen LogP contribution in [-0.2, 0) is 18.4 Å². The summed E-state index contributed by atoms with van der Waals surface area (Å²) in [6.45, 7) is 11.1. The fourth-order valence-corrected chi connectivity index (χ4v) is 3.79. The van der Waals surface area contributed by atoms with E-state index in [0.717, 1.165) is 43.4 Å². The van der Waals surface area contributed by atoms with Crippen LogP contribution in [0.4, 0.5) is 0 Å². The summed E-state index contributed by atoms with van der Waals surface area (Å²) in [6.07, 6.45) is 2.62. The van der Waals surface area contributed by atoms with Crippen LogP contribution in [0.5, 0.6) is 0 Å². The van der Waals surface area contributed by atoms with Crippen LogP contribution < -0.4 is 10.6 Å². The molecule has 0 aliphatic rings. The molecule has 0 saturated heterocycles. The van der Waals surface area contributed by atoms with Gasteiger partial charge in [0.25, 0.3) is 0 Å². The molecular weight excluding hydrogens is 383 g/mol. The molecule has 0 aliphatic heterocycles. The summed E-state index contributed by atoms with van der Waals surface area (Å²) in [5.41, 5.74) is 0.631. The third-order valence-corrected chi connectivity index (χ3v) is 4.90. The topological polar surface area (TPSA) is 67.1 Å². The largest absolute Gasteiger partial charge is 0.357 e. The van der Waals surface area contributed by atoms with Crippen molar-refractivity contribution in [3.05, 3.63) is 46.0 Å². The summed E-state index contributed by atoms with van der Waals surface area (Å²) in [7, 11) is 0. The average molecular weight is 411 g/mol. The number of aliphatic imine (C=N–C) groups is 1. The first-order valence-corrected chi connectivity index (χ1v) is 9.98. The van der Waals surface area contributed by atoms with Crippen LogP contribution in [-0.4, -0.2) is 40.4 Å². The van der Waals surface area contributed by atoms with Gasteiger partial charge in [-0.1, -0.05) is 50.0 Å². The van der Waals surface area contributed by atoms with Crippen molar-refractivity contribution < 1.29 is 0 Å². The van der Waals surface area contributed by atoms with Gasteiger partial charge in [0.1, 0.15) is 12.2 Å². The number of guanidine groups is 1. The molecule has 27 heavy (non-hydrogen) atoms. The van der Waals surface area contributed by atoms with Crippen molar-refractivity contribution in [2.75, 3.05) is 19.6 Å². The van der Waals surface area contributed by atoms with Crippen molar-refractivity contribution >= 4 is 29.2 Å². The van der Waals surface area contributed by atoms with Gasteiger partial charge < -0.3 is 15.2 Å². The van der Waals surface area contributed by atoms with E-state index in [9.17, 15) is 0 Å². The lowest BCUT2D eigenvalue weighted by Gasteiger charge is -2.26. The molecule has 0 aliphatic carbocycles. The van der Waals surface area contributed by atoms with Gasteiger partial charge in [-0.05, 0) is 24.6 Å². The van der Waals surface area contributed by atoms with Crippen molar-refractivity contribution in [2.24, 2.45) is 4.99 Å². The first-order valence-electron chi connectivity index (χ1n) is 9.22. The van der Waals surface area contributed by atoms with Gasteiger partial charge in [0.05, 0.1) is 6.54 Å². The Morgan fingerprint density at radius 1 is 1.19 bits per heavy atom. The van der Waals surface area contributed by atoms with Gasteiger partial charge in [0.15, 0.2) is 5.96 Å². The van der Waals surface area contributed by atoms with Crippen molar-refractivity contribution in [2.45, 2.75) is 46.1 Å². The Hall–Kier alpha value is -1.79. The van der Waals surface area contributed by atoms with Crippen molar-refractivity contribution in [1.29, 1.82) is 0 Å². The maximum atomic E-state index is 6.38. The molecular formula is C19H28Cl2N6. The zero-order chi connectivity index (χ0) is 19.9. The highest BCUT2D eigenvalue weighted by atomic mass is 35.5. The van der Waals surface area contributed by atoms with E-state index < -0.39 is 0 Å². The summed E-state index contributed by atoms with van der Waals surface area (Å²) in [5.74, 6) is 1.74. The molecule has 1 aromatic heterocycles. The lowest BCUT2D eigenvalue weighted by Crippen LogP contribution is -2.40. The molecule has 2 rings (SSSR count). The minimum absolute atomic E-state index is 0.290. The fourth-order valence-electron chi connectivity index (χ4n) is 2.88. The van der Waals surface area contributed by atoms with Gasteiger partial charge in [-0.25, -0.2) is 0 Å². The van der Waals surface area contributed by atoms with Crippen molar-refractivity contribution in [3.63, 3.8) is 0 Å². The van der Waals surface area contributed by atoms with Crippen LogP contribution in [0.3, 0.4) is 0 Å². The number of hydrogen-bond donors (Lipinski definition) is 2. The van der Waals surface area contributed by atoms with Crippen LogP contribution >= 0.6 is 23.2 Å². The van der Waals surface area contributed by atoms with Gasteiger partial charge in [-0.2, -0.15) is 0 Å². The quantitative estimate of drug-likeness (QED) is 0.514. The molecule has 1 heterocycles. The summed E-state index contributed by atoms with van der Waals surface area (Å²) < 4.78 is 2.05. The van der Waals surface area contributed by atoms with Gasteiger partial charge >= 0.3 is 0 Å². The van der Waals surface area contributed by atoms with Crippen LogP contribution in [0, 0.1) is 0 Å². The molecule has 0 fully saturated rings. The number of aryl methyl sites for hydroxylation is 1.